The van der Waals surface area contributed by atoms with Gasteiger partial charge in [-0.3, -0.25) is 4.79 Å². The van der Waals surface area contributed by atoms with E-state index in [1.54, 1.807) is 0 Å². The summed E-state index contributed by atoms with van der Waals surface area (Å²) in [5.74, 6) is 1.57. The lowest BCUT2D eigenvalue weighted by Gasteiger charge is -2.10. The van der Waals surface area contributed by atoms with Gasteiger partial charge in [0.1, 0.15) is 5.78 Å². The van der Waals surface area contributed by atoms with E-state index in [0.29, 0.717) is 17.6 Å². The fraction of sp³-hybridized carbons (Fsp3) is 0.900. The fourth-order valence-electron chi connectivity index (χ4n) is 1.70. The lowest BCUT2D eigenvalue weighted by atomic mass is 9.98. The van der Waals surface area contributed by atoms with Crippen LogP contribution >= 0.6 is 0 Å². The third-order valence-electron chi connectivity index (χ3n) is 2.35. The lowest BCUT2D eigenvalue weighted by Crippen LogP contribution is -2.31. The Kier molecular flexibility index (Phi) is 3.27. The summed E-state index contributed by atoms with van der Waals surface area (Å²) in [6.45, 7) is 7.39. The zero-order valence-corrected chi connectivity index (χ0v) is 8.26. The molecule has 70 valence electrons. The highest BCUT2D eigenvalue weighted by molar-refractivity contribution is 5.84. The first-order valence-electron chi connectivity index (χ1n) is 4.85. The van der Waals surface area contributed by atoms with Gasteiger partial charge in [-0.1, -0.05) is 20.8 Å². The van der Waals surface area contributed by atoms with E-state index >= 15 is 0 Å². The Balaban J connectivity index is 2.33. The summed E-state index contributed by atoms with van der Waals surface area (Å²) in [5.41, 5.74) is 0. The van der Waals surface area contributed by atoms with Crippen LogP contribution in [-0.2, 0) is 4.79 Å². The topological polar surface area (TPSA) is 29.1 Å². The predicted molar refractivity (Wildman–Crippen MR) is 50.0 cm³/mol. The molecule has 2 atom stereocenters. The van der Waals surface area contributed by atoms with Gasteiger partial charge in [0.05, 0.1) is 6.04 Å². The molecular formula is C10H19NO. The summed E-state index contributed by atoms with van der Waals surface area (Å²) in [6, 6.07) is 0.155. The smallest absolute Gasteiger partial charge is 0.150 e. The van der Waals surface area contributed by atoms with Gasteiger partial charge in [0.25, 0.3) is 0 Å². The average molecular weight is 169 g/mol. The Labute approximate surface area is 74.7 Å². The summed E-state index contributed by atoms with van der Waals surface area (Å²) in [4.78, 5) is 11.5. The Hall–Kier alpha value is -0.370. The van der Waals surface area contributed by atoms with Crippen molar-refractivity contribution in [3.05, 3.63) is 0 Å². The molecule has 0 aromatic rings. The first-order chi connectivity index (χ1) is 5.59. The van der Waals surface area contributed by atoms with Gasteiger partial charge >= 0.3 is 0 Å². The molecule has 0 aliphatic carbocycles. The lowest BCUT2D eigenvalue weighted by molar-refractivity contribution is -0.121. The normalized spacial score (nSPS) is 29.7. The van der Waals surface area contributed by atoms with E-state index < -0.39 is 0 Å². The van der Waals surface area contributed by atoms with Crippen molar-refractivity contribution in [2.75, 3.05) is 6.54 Å². The minimum atomic E-state index is 0.155. The van der Waals surface area contributed by atoms with Crippen LogP contribution in [0, 0.1) is 11.8 Å². The van der Waals surface area contributed by atoms with Gasteiger partial charge in [-0.05, 0) is 24.8 Å². The highest BCUT2D eigenvalue weighted by Gasteiger charge is 2.26. The number of nitrogens with one attached hydrogen (secondary N) is 1. The molecule has 1 saturated heterocycles. The van der Waals surface area contributed by atoms with Crippen molar-refractivity contribution in [3.8, 4) is 0 Å². The van der Waals surface area contributed by atoms with Crippen LogP contribution in [0.3, 0.4) is 0 Å². The molecular weight excluding hydrogens is 150 g/mol. The largest absolute Gasteiger partial charge is 0.307 e. The van der Waals surface area contributed by atoms with Crippen LogP contribution in [0.2, 0.25) is 0 Å². The molecule has 12 heavy (non-hydrogen) atoms. The van der Waals surface area contributed by atoms with Crippen molar-refractivity contribution in [1.82, 2.24) is 5.32 Å². The minimum absolute atomic E-state index is 0.155. The first-order valence-corrected chi connectivity index (χ1v) is 4.85. The zero-order valence-electron chi connectivity index (χ0n) is 8.26. The molecule has 0 radical (unpaired) electrons. The predicted octanol–water partition coefficient (Wildman–Crippen LogP) is 1.60. The standard InChI is InChI=1S/C10H19NO/c1-7(2)4-10(12)9-5-8(3)6-11-9/h7-9,11H,4-6H2,1-3H3. The summed E-state index contributed by atoms with van der Waals surface area (Å²) in [7, 11) is 0. The number of ketones is 1. The van der Waals surface area contributed by atoms with Crippen molar-refractivity contribution < 1.29 is 4.79 Å². The quantitative estimate of drug-likeness (QED) is 0.695. The number of rotatable bonds is 3. The fourth-order valence-corrected chi connectivity index (χ4v) is 1.70. The van der Waals surface area contributed by atoms with E-state index in [2.05, 4.69) is 26.1 Å². The van der Waals surface area contributed by atoms with Crippen LogP contribution in [-0.4, -0.2) is 18.4 Å². The van der Waals surface area contributed by atoms with Crippen molar-refractivity contribution in [2.24, 2.45) is 11.8 Å². The van der Waals surface area contributed by atoms with Crippen LogP contribution in [0.4, 0.5) is 0 Å². The highest BCUT2D eigenvalue weighted by atomic mass is 16.1. The van der Waals surface area contributed by atoms with E-state index in [1.807, 2.05) is 0 Å². The van der Waals surface area contributed by atoms with Crippen LogP contribution in [0.1, 0.15) is 33.6 Å². The van der Waals surface area contributed by atoms with Crippen LogP contribution in [0.5, 0.6) is 0 Å². The maximum atomic E-state index is 11.5. The summed E-state index contributed by atoms with van der Waals surface area (Å²) in [6.07, 6.45) is 1.76. The molecule has 2 unspecified atom stereocenters. The molecule has 1 heterocycles. The van der Waals surface area contributed by atoms with E-state index in [1.165, 1.54) is 0 Å². The van der Waals surface area contributed by atoms with Crippen molar-refractivity contribution in [1.29, 1.82) is 0 Å². The number of carbonyl (C=O) groups is 1. The van der Waals surface area contributed by atoms with E-state index in [9.17, 15) is 4.79 Å². The van der Waals surface area contributed by atoms with Gasteiger partial charge in [0.15, 0.2) is 0 Å². The van der Waals surface area contributed by atoms with Crippen molar-refractivity contribution in [3.63, 3.8) is 0 Å². The van der Waals surface area contributed by atoms with Gasteiger partial charge in [0, 0.05) is 6.42 Å². The van der Waals surface area contributed by atoms with Gasteiger partial charge < -0.3 is 5.32 Å². The molecule has 1 rings (SSSR count). The Morgan fingerprint density at radius 3 is 2.67 bits per heavy atom. The van der Waals surface area contributed by atoms with Gasteiger partial charge in [-0.2, -0.15) is 0 Å². The number of carbonyl (C=O) groups excluding carboxylic acids is 1. The number of Topliss-reactive ketones (excluding diaryl/α,β-unsaturated/α-hetero) is 1. The van der Waals surface area contributed by atoms with Crippen LogP contribution in [0.25, 0.3) is 0 Å². The van der Waals surface area contributed by atoms with Gasteiger partial charge in [0.2, 0.25) is 0 Å². The maximum Gasteiger partial charge on any atom is 0.150 e. The van der Waals surface area contributed by atoms with E-state index in [0.717, 1.165) is 19.4 Å². The second-order valence-electron chi connectivity index (χ2n) is 4.37. The Morgan fingerprint density at radius 1 is 1.58 bits per heavy atom. The second kappa shape index (κ2) is 4.04. The number of hydrogen-bond donors (Lipinski definition) is 1. The number of hydrogen-bond acceptors (Lipinski definition) is 2. The third-order valence-corrected chi connectivity index (χ3v) is 2.35. The van der Waals surface area contributed by atoms with Crippen LogP contribution < -0.4 is 5.32 Å². The second-order valence-corrected chi connectivity index (χ2v) is 4.37. The van der Waals surface area contributed by atoms with E-state index in [-0.39, 0.29) is 6.04 Å². The molecule has 0 bridgehead atoms. The molecule has 1 aliphatic heterocycles. The molecule has 0 aromatic carbocycles. The minimum Gasteiger partial charge on any atom is -0.307 e. The molecule has 0 spiro atoms. The first kappa shape index (κ1) is 9.72. The van der Waals surface area contributed by atoms with Gasteiger partial charge in [-0.15, -0.1) is 0 Å². The molecule has 0 saturated carbocycles. The summed E-state index contributed by atoms with van der Waals surface area (Å²) in [5, 5.41) is 3.26. The molecule has 2 nitrogen and oxygen atoms in total. The molecule has 0 amide bonds. The Morgan fingerprint density at radius 2 is 2.25 bits per heavy atom. The molecule has 1 N–H and O–H groups in total. The summed E-state index contributed by atoms with van der Waals surface area (Å²) < 4.78 is 0. The van der Waals surface area contributed by atoms with Gasteiger partial charge in [-0.25, -0.2) is 0 Å². The van der Waals surface area contributed by atoms with E-state index in [4.69, 9.17) is 0 Å². The van der Waals surface area contributed by atoms with Crippen molar-refractivity contribution in [2.45, 2.75) is 39.7 Å². The maximum absolute atomic E-state index is 11.5. The monoisotopic (exact) mass is 169 g/mol. The highest BCUT2D eigenvalue weighted by Crippen LogP contribution is 2.16. The third kappa shape index (κ3) is 2.59. The SMILES string of the molecule is CC(C)CC(=O)C1CC(C)CN1. The van der Waals surface area contributed by atoms with Crippen molar-refractivity contribution >= 4 is 5.78 Å². The molecule has 2 heteroatoms. The zero-order chi connectivity index (χ0) is 9.14. The van der Waals surface area contributed by atoms with Crippen LogP contribution in [0.15, 0.2) is 0 Å². The molecule has 1 aliphatic rings. The Bertz CT molecular complexity index is 165. The molecule has 0 aromatic heterocycles. The summed E-state index contributed by atoms with van der Waals surface area (Å²) >= 11 is 0. The average Bonchev–Trinajstić information content (AvgIpc) is 2.34. The molecule has 1 fully saturated rings.